The summed E-state index contributed by atoms with van der Waals surface area (Å²) < 4.78 is 5.08. The van der Waals surface area contributed by atoms with Gasteiger partial charge < -0.3 is 14.9 Å². The lowest BCUT2D eigenvalue weighted by atomic mass is 9.99. The molecular weight excluding hydrogens is 240 g/mol. The van der Waals surface area contributed by atoms with Gasteiger partial charge in [0.25, 0.3) is 0 Å². The van der Waals surface area contributed by atoms with Crippen LogP contribution in [-0.4, -0.2) is 22.9 Å². The highest BCUT2D eigenvalue weighted by Crippen LogP contribution is 2.24. The molecule has 0 aliphatic heterocycles. The summed E-state index contributed by atoms with van der Waals surface area (Å²) in [6.45, 7) is 4.29. The molecule has 4 heteroatoms. The van der Waals surface area contributed by atoms with Crippen LogP contribution in [-0.2, 0) is 6.42 Å². The Kier molecular flexibility index (Phi) is 4.71. The van der Waals surface area contributed by atoms with Crippen LogP contribution in [0.25, 0.3) is 0 Å². The summed E-state index contributed by atoms with van der Waals surface area (Å²) in [5, 5.41) is 16.7. The van der Waals surface area contributed by atoms with E-state index in [4.69, 9.17) is 9.63 Å². The molecule has 0 bridgehead atoms. The molecule has 1 aromatic carbocycles. The van der Waals surface area contributed by atoms with Gasteiger partial charge >= 0.3 is 0 Å². The molecule has 0 aliphatic carbocycles. The number of nitrogens with zero attached hydrogens (tertiary/aromatic N) is 1. The molecule has 4 nitrogen and oxygen atoms in total. The van der Waals surface area contributed by atoms with Crippen LogP contribution in [0.1, 0.15) is 36.7 Å². The average molecular weight is 260 g/mol. The molecule has 0 spiro atoms. The summed E-state index contributed by atoms with van der Waals surface area (Å²) in [6, 6.07) is 10.5. The molecule has 1 unspecified atom stereocenters. The van der Waals surface area contributed by atoms with Crippen LogP contribution in [0.15, 0.2) is 41.1 Å². The van der Waals surface area contributed by atoms with E-state index in [1.807, 2.05) is 18.2 Å². The van der Waals surface area contributed by atoms with Crippen molar-refractivity contribution < 1.29 is 9.63 Å². The van der Waals surface area contributed by atoms with E-state index in [0.29, 0.717) is 12.5 Å². The quantitative estimate of drug-likeness (QED) is 0.836. The van der Waals surface area contributed by atoms with Gasteiger partial charge in [0.05, 0.1) is 6.04 Å². The molecule has 2 N–H and O–H groups in total. The van der Waals surface area contributed by atoms with Gasteiger partial charge in [-0.1, -0.05) is 35.5 Å². The van der Waals surface area contributed by atoms with E-state index >= 15 is 0 Å². The zero-order chi connectivity index (χ0) is 13.7. The average Bonchev–Trinajstić information content (AvgIpc) is 2.85. The first kappa shape index (κ1) is 13.8. The molecule has 0 saturated carbocycles. The van der Waals surface area contributed by atoms with Gasteiger partial charge in [0, 0.05) is 24.6 Å². The minimum Gasteiger partial charge on any atom is -0.396 e. The van der Waals surface area contributed by atoms with Crippen molar-refractivity contribution in [3.8, 4) is 0 Å². The van der Waals surface area contributed by atoms with Crippen molar-refractivity contribution in [1.29, 1.82) is 0 Å². The normalized spacial score (nSPS) is 12.8. The van der Waals surface area contributed by atoms with Crippen molar-refractivity contribution in [3.63, 3.8) is 0 Å². The van der Waals surface area contributed by atoms with Gasteiger partial charge in [-0.25, -0.2) is 0 Å². The first-order valence-corrected chi connectivity index (χ1v) is 6.57. The van der Waals surface area contributed by atoms with E-state index < -0.39 is 0 Å². The van der Waals surface area contributed by atoms with Gasteiger partial charge in [0.15, 0.2) is 0 Å². The van der Waals surface area contributed by atoms with Crippen LogP contribution in [0.5, 0.6) is 0 Å². The monoisotopic (exact) mass is 260 g/mol. The number of nitrogens with one attached hydrogen (secondary N) is 1. The fourth-order valence-electron chi connectivity index (χ4n) is 2.12. The third kappa shape index (κ3) is 3.43. The van der Waals surface area contributed by atoms with Crippen molar-refractivity contribution in [2.45, 2.75) is 32.4 Å². The number of rotatable bonds is 6. The number of aromatic nitrogens is 1. The van der Waals surface area contributed by atoms with Crippen molar-refractivity contribution in [2.24, 2.45) is 0 Å². The van der Waals surface area contributed by atoms with E-state index in [1.165, 1.54) is 0 Å². The van der Waals surface area contributed by atoms with Crippen LogP contribution in [0.2, 0.25) is 0 Å². The molecular formula is C15H20N2O2. The Morgan fingerprint density at radius 2 is 2.00 bits per heavy atom. The maximum absolute atomic E-state index is 9.11. The maximum Gasteiger partial charge on any atom is 0.127 e. The van der Waals surface area contributed by atoms with E-state index in [2.05, 4.69) is 36.5 Å². The van der Waals surface area contributed by atoms with E-state index in [-0.39, 0.29) is 12.6 Å². The zero-order valence-corrected chi connectivity index (χ0v) is 11.3. The predicted molar refractivity (Wildman–Crippen MR) is 73.8 cm³/mol. The standard InChI is InChI=1S/C15H20N2O2/c1-11(2)16-14(12-6-4-3-5-7-12)15-13(8-9-18)10-19-17-15/h3-7,10-11,14,16,18H,8-9H2,1-2H3. The fraction of sp³-hybridized carbons (Fsp3) is 0.400. The van der Waals surface area contributed by atoms with Crippen molar-refractivity contribution in [2.75, 3.05) is 6.61 Å². The molecule has 19 heavy (non-hydrogen) atoms. The molecule has 1 atom stereocenters. The zero-order valence-electron chi connectivity index (χ0n) is 11.3. The van der Waals surface area contributed by atoms with Crippen molar-refractivity contribution in [1.82, 2.24) is 10.5 Å². The van der Waals surface area contributed by atoms with Crippen molar-refractivity contribution >= 4 is 0 Å². The Labute approximate surface area is 113 Å². The highest BCUT2D eigenvalue weighted by Gasteiger charge is 2.21. The Morgan fingerprint density at radius 3 is 2.63 bits per heavy atom. The minimum absolute atomic E-state index is 0.0125. The van der Waals surface area contributed by atoms with Gasteiger partial charge in [0.1, 0.15) is 12.0 Å². The molecule has 1 heterocycles. The maximum atomic E-state index is 9.11. The Hall–Kier alpha value is -1.65. The van der Waals surface area contributed by atoms with Crippen LogP contribution in [0.4, 0.5) is 0 Å². The molecule has 2 aromatic rings. The Bertz CT molecular complexity index is 494. The Balaban J connectivity index is 2.34. The van der Waals surface area contributed by atoms with E-state index in [9.17, 15) is 0 Å². The first-order valence-electron chi connectivity index (χ1n) is 6.57. The predicted octanol–water partition coefficient (Wildman–Crippen LogP) is 2.30. The highest BCUT2D eigenvalue weighted by molar-refractivity contribution is 5.31. The second-order valence-electron chi connectivity index (χ2n) is 4.86. The summed E-state index contributed by atoms with van der Waals surface area (Å²) >= 11 is 0. The molecule has 0 saturated heterocycles. The van der Waals surface area contributed by atoms with Crippen LogP contribution in [0.3, 0.4) is 0 Å². The van der Waals surface area contributed by atoms with E-state index in [1.54, 1.807) is 6.26 Å². The van der Waals surface area contributed by atoms with Gasteiger partial charge in [-0.05, 0) is 19.4 Å². The lowest BCUT2D eigenvalue weighted by Crippen LogP contribution is -2.29. The summed E-state index contributed by atoms with van der Waals surface area (Å²) in [7, 11) is 0. The van der Waals surface area contributed by atoms with Gasteiger partial charge in [-0.15, -0.1) is 0 Å². The smallest absolute Gasteiger partial charge is 0.127 e. The first-order chi connectivity index (χ1) is 9.22. The van der Waals surface area contributed by atoms with E-state index in [0.717, 1.165) is 16.8 Å². The summed E-state index contributed by atoms with van der Waals surface area (Å²) in [5.74, 6) is 0. The summed E-state index contributed by atoms with van der Waals surface area (Å²) in [4.78, 5) is 0. The third-order valence-electron chi connectivity index (χ3n) is 2.96. The third-order valence-corrected chi connectivity index (χ3v) is 2.96. The Morgan fingerprint density at radius 1 is 1.26 bits per heavy atom. The van der Waals surface area contributed by atoms with Crippen LogP contribution in [0, 0.1) is 0 Å². The van der Waals surface area contributed by atoms with Gasteiger partial charge in [-0.2, -0.15) is 0 Å². The number of aliphatic hydroxyl groups is 1. The molecule has 0 aliphatic rings. The lowest BCUT2D eigenvalue weighted by molar-refractivity contribution is 0.298. The van der Waals surface area contributed by atoms with Crippen LogP contribution >= 0.6 is 0 Å². The number of aliphatic hydroxyl groups excluding tert-OH is 1. The van der Waals surface area contributed by atoms with Crippen LogP contribution < -0.4 is 5.32 Å². The largest absolute Gasteiger partial charge is 0.396 e. The molecule has 2 rings (SSSR count). The summed E-state index contributed by atoms with van der Waals surface area (Å²) in [6.07, 6.45) is 2.17. The highest BCUT2D eigenvalue weighted by atomic mass is 16.5. The molecule has 0 fully saturated rings. The molecule has 102 valence electrons. The lowest BCUT2D eigenvalue weighted by Gasteiger charge is -2.20. The number of hydrogen-bond acceptors (Lipinski definition) is 4. The fourth-order valence-corrected chi connectivity index (χ4v) is 2.12. The molecule has 1 aromatic heterocycles. The van der Waals surface area contributed by atoms with Crippen molar-refractivity contribution in [3.05, 3.63) is 53.4 Å². The topological polar surface area (TPSA) is 58.3 Å². The number of benzene rings is 1. The second-order valence-corrected chi connectivity index (χ2v) is 4.86. The second kappa shape index (κ2) is 6.50. The minimum atomic E-state index is -0.0125. The van der Waals surface area contributed by atoms with Gasteiger partial charge in [-0.3, -0.25) is 0 Å². The molecule has 0 amide bonds. The number of hydrogen-bond donors (Lipinski definition) is 2. The molecule has 0 radical (unpaired) electrons. The summed E-state index contributed by atoms with van der Waals surface area (Å²) in [5.41, 5.74) is 2.95. The van der Waals surface area contributed by atoms with Gasteiger partial charge in [0.2, 0.25) is 0 Å². The SMILES string of the molecule is CC(C)NC(c1ccccc1)c1nocc1CCO.